The lowest BCUT2D eigenvalue weighted by Gasteiger charge is -2.30. The summed E-state index contributed by atoms with van der Waals surface area (Å²) in [6.07, 6.45) is 2.69. The molecule has 0 bridgehead atoms. The summed E-state index contributed by atoms with van der Waals surface area (Å²) in [5.41, 5.74) is 5.61. The quantitative estimate of drug-likeness (QED) is 0.709. The highest BCUT2D eigenvalue weighted by molar-refractivity contribution is 4.82. The Bertz CT molecular complexity index is 159. The minimum absolute atomic E-state index is 0.648. The molecule has 3 heteroatoms. The van der Waals surface area contributed by atoms with Crippen LogP contribution in [0.1, 0.15) is 26.7 Å². The first-order valence-electron chi connectivity index (χ1n) is 5.79. The van der Waals surface area contributed by atoms with Gasteiger partial charge in [-0.3, -0.25) is 4.90 Å². The Kier molecular flexibility index (Phi) is 4.85. The smallest absolute Gasteiger partial charge is 0.0224 e. The van der Waals surface area contributed by atoms with Gasteiger partial charge in [0.15, 0.2) is 0 Å². The standard InChI is InChI=1S/C11H25N3/c1-10(2)13(3)9-11-5-4-7-14(11)8-6-12/h10-11H,4-9,12H2,1-3H3/t11-/m0/s1. The van der Waals surface area contributed by atoms with E-state index in [2.05, 4.69) is 30.7 Å². The van der Waals surface area contributed by atoms with Crippen LogP contribution in [-0.2, 0) is 0 Å². The summed E-state index contributed by atoms with van der Waals surface area (Å²) in [6, 6.07) is 1.39. The first kappa shape index (κ1) is 12.0. The Morgan fingerprint density at radius 3 is 2.79 bits per heavy atom. The summed E-state index contributed by atoms with van der Waals surface area (Å²) in [6.45, 7) is 8.80. The van der Waals surface area contributed by atoms with Crippen molar-refractivity contribution in [1.29, 1.82) is 0 Å². The molecule has 0 amide bonds. The van der Waals surface area contributed by atoms with Crippen LogP contribution >= 0.6 is 0 Å². The molecule has 1 aliphatic heterocycles. The van der Waals surface area contributed by atoms with Crippen molar-refractivity contribution in [2.45, 2.75) is 38.8 Å². The van der Waals surface area contributed by atoms with Crippen LogP contribution in [-0.4, -0.2) is 55.1 Å². The molecule has 1 saturated heterocycles. The number of nitrogens with two attached hydrogens (primary N) is 1. The monoisotopic (exact) mass is 199 g/mol. The van der Waals surface area contributed by atoms with Gasteiger partial charge >= 0.3 is 0 Å². The van der Waals surface area contributed by atoms with E-state index < -0.39 is 0 Å². The molecule has 1 aliphatic rings. The van der Waals surface area contributed by atoms with Gasteiger partial charge in [0.05, 0.1) is 0 Å². The van der Waals surface area contributed by atoms with E-state index in [9.17, 15) is 0 Å². The number of rotatable bonds is 5. The van der Waals surface area contributed by atoms with E-state index in [1.54, 1.807) is 0 Å². The van der Waals surface area contributed by atoms with E-state index >= 15 is 0 Å². The maximum Gasteiger partial charge on any atom is 0.0224 e. The Morgan fingerprint density at radius 1 is 1.50 bits per heavy atom. The van der Waals surface area contributed by atoms with E-state index in [4.69, 9.17) is 5.73 Å². The van der Waals surface area contributed by atoms with Gasteiger partial charge in [0.2, 0.25) is 0 Å². The fourth-order valence-electron chi connectivity index (χ4n) is 2.11. The number of likely N-dealkylation sites (N-methyl/N-ethyl adjacent to an activating group) is 1. The van der Waals surface area contributed by atoms with Gasteiger partial charge in [-0.15, -0.1) is 0 Å². The molecule has 2 N–H and O–H groups in total. The maximum atomic E-state index is 5.61. The van der Waals surface area contributed by atoms with Crippen LogP contribution in [0.5, 0.6) is 0 Å². The lowest BCUT2D eigenvalue weighted by Crippen LogP contribution is -2.42. The van der Waals surface area contributed by atoms with Crippen LogP contribution in [0, 0.1) is 0 Å². The average molecular weight is 199 g/mol. The molecule has 0 aromatic rings. The molecule has 0 aromatic carbocycles. The summed E-state index contributed by atoms with van der Waals surface area (Å²) >= 11 is 0. The minimum atomic E-state index is 0.648. The van der Waals surface area contributed by atoms with Crippen molar-refractivity contribution in [3.8, 4) is 0 Å². The molecule has 1 heterocycles. The zero-order valence-electron chi connectivity index (χ0n) is 9.87. The number of likely N-dealkylation sites (tertiary alicyclic amines) is 1. The topological polar surface area (TPSA) is 32.5 Å². The highest BCUT2D eigenvalue weighted by Gasteiger charge is 2.24. The van der Waals surface area contributed by atoms with Crippen molar-refractivity contribution in [3.05, 3.63) is 0 Å². The summed E-state index contributed by atoms with van der Waals surface area (Å²) in [7, 11) is 2.21. The molecular formula is C11H25N3. The molecule has 3 nitrogen and oxygen atoms in total. The molecule has 0 saturated carbocycles. The number of nitrogens with zero attached hydrogens (tertiary/aromatic N) is 2. The Morgan fingerprint density at radius 2 is 2.21 bits per heavy atom. The molecule has 14 heavy (non-hydrogen) atoms. The van der Waals surface area contributed by atoms with E-state index in [0.29, 0.717) is 6.04 Å². The Hall–Kier alpha value is -0.120. The fourth-order valence-corrected chi connectivity index (χ4v) is 2.11. The molecule has 0 aliphatic carbocycles. The predicted molar refractivity (Wildman–Crippen MR) is 61.4 cm³/mol. The van der Waals surface area contributed by atoms with Crippen LogP contribution in [0.2, 0.25) is 0 Å². The third-order valence-electron chi connectivity index (χ3n) is 3.30. The third kappa shape index (κ3) is 3.23. The van der Waals surface area contributed by atoms with Crippen molar-refractivity contribution in [1.82, 2.24) is 9.80 Å². The lowest BCUT2D eigenvalue weighted by molar-refractivity contribution is 0.174. The summed E-state index contributed by atoms with van der Waals surface area (Å²) in [5, 5.41) is 0. The molecule has 0 spiro atoms. The van der Waals surface area contributed by atoms with E-state index in [1.165, 1.54) is 25.9 Å². The van der Waals surface area contributed by atoms with Crippen molar-refractivity contribution in [2.75, 3.05) is 33.2 Å². The average Bonchev–Trinajstić information content (AvgIpc) is 2.53. The van der Waals surface area contributed by atoms with Gasteiger partial charge in [0.1, 0.15) is 0 Å². The second-order valence-electron chi connectivity index (χ2n) is 4.65. The van der Waals surface area contributed by atoms with E-state index in [1.807, 2.05) is 0 Å². The first-order chi connectivity index (χ1) is 6.65. The van der Waals surface area contributed by atoms with E-state index in [-0.39, 0.29) is 0 Å². The van der Waals surface area contributed by atoms with Crippen molar-refractivity contribution in [2.24, 2.45) is 5.73 Å². The molecule has 84 valence electrons. The molecule has 0 unspecified atom stereocenters. The van der Waals surface area contributed by atoms with E-state index in [0.717, 1.165) is 19.1 Å². The van der Waals surface area contributed by atoms with Crippen molar-refractivity contribution >= 4 is 0 Å². The molecule has 1 rings (SSSR count). The van der Waals surface area contributed by atoms with Gasteiger partial charge in [0, 0.05) is 31.7 Å². The highest BCUT2D eigenvalue weighted by Crippen LogP contribution is 2.17. The largest absolute Gasteiger partial charge is 0.329 e. The van der Waals surface area contributed by atoms with Crippen LogP contribution in [0.4, 0.5) is 0 Å². The highest BCUT2D eigenvalue weighted by atomic mass is 15.2. The SMILES string of the molecule is CC(C)N(C)C[C@@H]1CCCN1CCN. The van der Waals surface area contributed by atoms with Gasteiger partial charge < -0.3 is 10.6 Å². The van der Waals surface area contributed by atoms with Gasteiger partial charge in [-0.2, -0.15) is 0 Å². The van der Waals surface area contributed by atoms with Gasteiger partial charge in [-0.05, 0) is 40.3 Å². The number of hydrogen-bond acceptors (Lipinski definition) is 3. The zero-order chi connectivity index (χ0) is 10.6. The predicted octanol–water partition coefficient (Wildman–Crippen LogP) is 0.750. The summed E-state index contributed by atoms with van der Waals surface area (Å²) in [5.74, 6) is 0. The molecular weight excluding hydrogens is 174 g/mol. The van der Waals surface area contributed by atoms with Crippen LogP contribution < -0.4 is 5.73 Å². The lowest BCUT2D eigenvalue weighted by atomic mass is 10.2. The fraction of sp³-hybridized carbons (Fsp3) is 1.00. The first-order valence-corrected chi connectivity index (χ1v) is 5.79. The Balaban J connectivity index is 2.35. The second kappa shape index (κ2) is 5.69. The van der Waals surface area contributed by atoms with Crippen molar-refractivity contribution in [3.63, 3.8) is 0 Å². The van der Waals surface area contributed by atoms with Crippen LogP contribution in [0.15, 0.2) is 0 Å². The normalized spacial score (nSPS) is 24.0. The minimum Gasteiger partial charge on any atom is -0.329 e. The summed E-state index contributed by atoms with van der Waals surface area (Å²) < 4.78 is 0. The van der Waals surface area contributed by atoms with Crippen molar-refractivity contribution < 1.29 is 0 Å². The van der Waals surface area contributed by atoms with Gasteiger partial charge in [0.25, 0.3) is 0 Å². The maximum absolute atomic E-state index is 5.61. The molecule has 1 atom stereocenters. The van der Waals surface area contributed by atoms with Gasteiger partial charge in [-0.1, -0.05) is 0 Å². The van der Waals surface area contributed by atoms with Crippen LogP contribution in [0.25, 0.3) is 0 Å². The molecule has 0 radical (unpaired) electrons. The number of hydrogen-bond donors (Lipinski definition) is 1. The Labute approximate surface area is 88.2 Å². The van der Waals surface area contributed by atoms with Gasteiger partial charge in [-0.25, -0.2) is 0 Å². The molecule has 1 fully saturated rings. The van der Waals surface area contributed by atoms with Crippen LogP contribution in [0.3, 0.4) is 0 Å². The summed E-state index contributed by atoms with van der Waals surface area (Å²) in [4.78, 5) is 4.97. The zero-order valence-corrected chi connectivity index (χ0v) is 9.87. The molecule has 0 aromatic heterocycles. The third-order valence-corrected chi connectivity index (χ3v) is 3.30. The second-order valence-corrected chi connectivity index (χ2v) is 4.65.